The quantitative estimate of drug-likeness (QED) is 0.262. The number of nitrogens with zero attached hydrogens (tertiary/aromatic N) is 1. The first-order valence-corrected chi connectivity index (χ1v) is 13.1. The highest BCUT2D eigenvalue weighted by molar-refractivity contribution is 7.16. The van der Waals surface area contributed by atoms with Gasteiger partial charge in [-0.2, -0.15) is 0 Å². The fourth-order valence-corrected chi connectivity index (χ4v) is 5.14. The number of piperidine rings is 1. The van der Waals surface area contributed by atoms with Crippen LogP contribution in [0.5, 0.6) is 0 Å². The van der Waals surface area contributed by atoms with Gasteiger partial charge in [0.2, 0.25) is 5.91 Å². The molecule has 7 nitrogen and oxygen atoms in total. The second kappa shape index (κ2) is 13.4. The summed E-state index contributed by atoms with van der Waals surface area (Å²) in [6.45, 7) is 1.93. The molecule has 0 unspecified atom stereocenters. The third kappa shape index (κ3) is 8.53. The number of likely N-dealkylation sites (tertiary alicyclic amines) is 1. The number of aryl methyl sites for hydroxylation is 1. The first kappa shape index (κ1) is 29.1. The SMILES string of the molecule is C[N+]1(C)CCC(OC(=O)Nc2cc(CCC(=O)Nc3ccc(CO)s3)ccc2-c2ccccc2)CC1.[I-]. The number of thiophene rings is 1. The van der Waals surface area contributed by atoms with Gasteiger partial charge in [0.15, 0.2) is 0 Å². The Hall–Kier alpha value is -2.47. The van der Waals surface area contributed by atoms with Crippen molar-refractivity contribution in [3.05, 3.63) is 71.1 Å². The Bertz CT molecular complexity index is 1190. The van der Waals surface area contributed by atoms with Crippen molar-refractivity contribution in [3.8, 4) is 11.1 Å². The molecule has 0 aliphatic carbocycles. The molecular weight excluding hydrogens is 601 g/mol. The van der Waals surface area contributed by atoms with Gasteiger partial charge < -0.3 is 43.6 Å². The molecule has 1 aliphatic heterocycles. The van der Waals surface area contributed by atoms with Crippen LogP contribution in [-0.2, 0) is 22.6 Å². The molecular formula is C28H34IN3O4S. The van der Waals surface area contributed by atoms with E-state index in [0.717, 1.165) is 57.0 Å². The normalized spacial score (nSPS) is 14.9. The molecule has 1 fully saturated rings. The molecule has 2 amide bonds. The topological polar surface area (TPSA) is 87.7 Å². The summed E-state index contributed by atoms with van der Waals surface area (Å²) in [6, 6.07) is 19.4. The van der Waals surface area contributed by atoms with Crippen LogP contribution >= 0.6 is 11.3 Å². The minimum atomic E-state index is -0.448. The van der Waals surface area contributed by atoms with Crippen LogP contribution in [0.15, 0.2) is 60.7 Å². The molecule has 1 aromatic heterocycles. The molecule has 2 aromatic carbocycles. The van der Waals surface area contributed by atoms with Crippen molar-refractivity contribution in [3.63, 3.8) is 0 Å². The number of amides is 2. The standard InChI is InChI=1S/C28H33N3O4S.HI/c1-31(2)16-14-22(15-17-31)35-28(34)29-25-18-20(8-11-24(25)21-6-4-3-5-7-21)9-12-26(33)30-27-13-10-23(19-32)36-27;/h3-8,10-11,13,18,22,32H,9,12,14-17,19H2,1-2H3,(H-,29,30,33,34);1H. The smallest absolute Gasteiger partial charge is 0.411 e. The number of ether oxygens (including phenoxy) is 1. The third-order valence-electron chi connectivity index (χ3n) is 6.51. The maximum atomic E-state index is 12.8. The number of quaternary nitrogens is 1. The number of nitrogens with one attached hydrogen (secondary N) is 2. The Morgan fingerprint density at radius 1 is 1.03 bits per heavy atom. The lowest BCUT2D eigenvalue weighted by Crippen LogP contribution is -3.00. The number of carbonyl (C=O) groups is 2. The number of aliphatic hydroxyl groups is 1. The predicted molar refractivity (Wildman–Crippen MR) is 144 cm³/mol. The second-order valence-electron chi connectivity index (χ2n) is 9.83. The number of benzene rings is 2. The number of rotatable bonds is 8. The largest absolute Gasteiger partial charge is 1.00 e. The summed E-state index contributed by atoms with van der Waals surface area (Å²) in [5.74, 6) is -0.0963. The summed E-state index contributed by atoms with van der Waals surface area (Å²) in [6.07, 6.45) is 2.01. The molecule has 1 aliphatic rings. The van der Waals surface area contributed by atoms with Crippen LogP contribution in [-0.4, -0.2) is 54.9 Å². The number of anilines is 2. The third-order valence-corrected chi connectivity index (χ3v) is 7.50. The molecule has 37 heavy (non-hydrogen) atoms. The van der Waals surface area contributed by atoms with Crippen LogP contribution in [0.3, 0.4) is 0 Å². The number of hydrogen-bond donors (Lipinski definition) is 3. The molecule has 3 N–H and O–H groups in total. The minimum Gasteiger partial charge on any atom is -1.00 e. The van der Waals surface area contributed by atoms with Gasteiger partial charge in [0.05, 0.1) is 44.5 Å². The lowest BCUT2D eigenvalue weighted by molar-refractivity contribution is -0.896. The highest BCUT2D eigenvalue weighted by Crippen LogP contribution is 2.30. The van der Waals surface area contributed by atoms with E-state index in [1.165, 1.54) is 11.3 Å². The summed E-state index contributed by atoms with van der Waals surface area (Å²) in [5.41, 5.74) is 3.50. The lowest BCUT2D eigenvalue weighted by Gasteiger charge is -2.36. The zero-order valence-corrected chi connectivity index (χ0v) is 24.2. The highest BCUT2D eigenvalue weighted by atomic mass is 127. The van der Waals surface area contributed by atoms with Crippen molar-refractivity contribution in [1.82, 2.24) is 0 Å². The maximum absolute atomic E-state index is 12.8. The van der Waals surface area contributed by atoms with Crippen LogP contribution in [0.4, 0.5) is 15.5 Å². The van der Waals surface area contributed by atoms with Gasteiger partial charge in [0.1, 0.15) is 6.10 Å². The maximum Gasteiger partial charge on any atom is 0.411 e. The van der Waals surface area contributed by atoms with Crippen molar-refractivity contribution in [2.45, 2.75) is 38.4 Å². The molecule has 0 bridgehead atoms. The summed E-state index contributed by atoms with van der Waals surface area (Å²) in [5, 5.41) is 15.8. The summed E-state index contributed by atoms with van der Waals surface area (Å²) in [7, 11) is 4.39. The summed E-state index contributed by atoms with van der Waals surface area (Å²) < 4.78 is 6.70. The van der Waals surface area contributed by atoms with E-state index in [4.69, 9.17) is 4.74 Å². The van der Waals surface area contributed by atoms with Gasteiger partial charge in [-0.05, 0) is 35.7 Å². The van der Waals surface area contributed by atoms with Gasteiger partial charge in [-0.1, -0.05) is 42.5 Å². The molecule has 198 valence electrons. The van der Waals surface area contributed by atoms with E-state index in [9.17, 15) is 14.7 Å². The Balaban J connectivity index is 0.00000380. The van der Waals surface area contributed by atoms with E-state index < -0.39 is 6.09 Å². The van der Waals surface area contributed by atoms with Crippen molar-refractivity contribution in [2.24, 2.45) is 0 Å². The first-order valence-electron chi connectivity index (χ1n) is 12.3. The second-order valence-corrected chi connectivity index (χ2v) is 11.0. The molecule has 0 spiro atoms. The van der Waals surface area contributed by atoms with Gasteiger partial charge in [-0.25, -0.2) is 4.79 Å². The molecule has 3 aromatic rings. The van der Waals surface area contributed by atoms with Crippen LogP contribution < -0.4 is 34.6 Å². The molecule has 0 radical (unpaired) electrons. The minimum absolute atomic E-state index is 0. The van der Waals surface area contributed by atoms with E-state index in [1.54, 1.807) is 12.1 Å². The van der Waals surface area contributed by atoms with Crippen LogP contribution in [0.25, 0.3) is 11.1 Å². The average molecular weight is 636 g/mol. The molecule has 0 saturated carbocycles. The Morgan fingerprint density at radius 3 is 2.43 bits per heavy atom. The fourth-order valence-electron chi connectivity index (χ4n) is 4.36. The van der Waals surface area contributed by atoms with Gasteiger partial charge in [-0.3, -0.25) is 10.1 Å². The van der Waals surface area contributed by atoms with Gasteiger partial charge in [0.25, 0.3) is 0 Å². The van der Waals surface area contributed by atoms with E-state index in [-0.39, 0.29) is 42.6 Å². The number of hydrogen-bond acceptors (Lipinski definition) is 5. The van der Waals surface area contributed by atoms with Gasteiger partial charge >= 0.3 is 6.09 Å². The van der Waals surface area contributed by atoms with E-state index >= 15 is 0 Å². The zero-order valence-electron chi connectivity index (χ0n) is 21.2. The van der Waals surface area contributed by atoms with Crippen molar-refractivity contribution >= 4 is 34.0 Å². The Labute approximate surface area is 239 Å². The van der Waals surface area contributed by atoms with Crippen molar-refractivity contribution < 1.29 is 47.9 Å². The summed E-state index contributed by atoms with van der Waals surface area (Å²) in [4.78, 5) is 26.1. The van der Waals surface area contributed by atoms with Crippen LogP contribution in [0.1, 0.15) is 29.7 Å². The number of carbonyl (C=O) groups excluding carboxylic acids is 2. The Kier molecular flexibility index (Phi) is 10.5. The zero-order chi connectivity index (χ0) is 25.5. The van der Waals surface area contributed by atoms with E-state index in [0.29, 0.717) is 18.5 Å². The number of aliphatic hydroxyl groups excluding tert-OH is 1. The van der Waals surface area contributed by atoms with Crippen LogP contribution in [0.2, 0.25) is 0 Å². The van der Waals surface area contributed by atoms with Crippen molar-refractivity contribution in [2.75, 3.05) is 37.8 Å². The molecule has 9 heteroatoms. The first-order chi connectivity index (χ1) is 17.3. The predicted octanol–water partition coefficient (Wildman–Crippen LogP) is 2.27. The molecule has 4 rings (SSSR count). The Morgan fingerprint density at radius 2 is 1.76 bits per heavy atom. The van der Waals surface area contributed by atoms with Crippen LogP contribution in [0, 0.1) is 0 Å². The molecule has 2 heterocycles. The van der Waals surface area contributed by atoms with Gasteiger partial charge in [-0.15, -0.1) is 11.3 Å². The lowest BCUT2D eigenvalue weighted by atomic mass is 9.99. The van der Waals surface area contributed by atoms with E-state index in [2.05, 4.69) is 24.7 Å². The highest BCUT2D eigenvalue weighted by Gasteiger charge is 2.28. The summed E-state index contributed by atoms with van der Waals surface area (Å²) >= 11 is 1.36. The fraction of sp³-hybridized carbons (Fsp3) is 0.357. The van der Waals surface area contributed by atoms with Crippen molar-refractivity contribution in [1.29, 1.82) is 0 Å². The van der Waals surface area contributed by atoms with E-state index in [1.807, 2.05) is 48.5 Å². The monoisotopic (exact) mass is 635 g/mol. The average Bonchev–Trinajstić information content (AvgIpc) is 3.32. The number of halogens is 1. The van der Waals surface area contributed by atoms with Gasteiger partial charge in [0, 0.05) is 29.7 Å². The molecule has 0 atom stereocenters. The molecule has 1 saturated heterocycles.